The first kappa shape index (κ1) is 23.9. The number of hydrogen-bond acceptors (Lipinski definition) is 6. The summed E-state index contributed by atoms with van der Waals surface area (Å²) in [6, 6.07) is 17.4. The van der Waals surface area contributed by atoms with Gasteiger partial charge < -0.3 is 29.6 Å². The SMILES string of the molecule is CCOc1cc(CNCc2ccc3c(c2)OCO3)cc(Br)c1OCC(=O)Nc1ccc(C)cc1. The molecule has 0 saturated heterocycles. The van der Waals surface area contributed by atoms with Gasteiger partial charge in [-0.25, -0.2) is 0 Å². The van der Waals surface area contributed by atoms with Crippen molar-refractivity contribution in [2.75, 3.05) is 25.3 Å². The van der Waals surface area contributed by atoms with E-state index in [1.54, 1.807) is 0 Å². The molecule has 0 atom stereocenters. The van der Waals surface area contributed by atoms with Gasteiger partial charge in [-0.3, -0.25) is 4.79 Å². The van der Waals surface area contributed by atoms with E-state index in [1.165, 1.54) is 0 Å². The van der Waals surface area contributed by atoms with Crippen molar-refractivity contribution in [3.8, 4) is 23.0 Å². The number of amides is 1. The van der Waals surface area contributed by atoms with Crippen LogP contribution in [0.4, 0.5) is 5.69 Å². The minimum Gasteiger partial charge on any atom is -0.490 e. The molecule has 34 heavy (non-hydrogen) atoms. The fourth-order valence-electron chi connectivity index (χ4n) is 3.50. The summed E-state index contributed by atoms with van der Waals surface area (Å²) in [5, 5.41) is 6.26. The number of aryl methyl sites for hydroxylation is 1. The summed E-state index contributed by atoms with van der Waals surface area (Å²) in [6.07, 6.45) is 0. The van der Waals surface area contributed by atoms with E-state index in [0.717, 1.165) is 38.3 Å². The van der Waals surface area contributed by atoms with Crippen molar-refractivity contribution in [2.24, 2.45) is 0 Å². The van der Waals surface area contributed by atoms with E-state index in [0.29, 0.717) is 31.2 Å². The molecular formula is C26H27BrN2O5. The largest absolute Gasteiger partial charge is 0.490 e. The van der Waals surface area contributed by atoms with E-state index in [9.17, 15) is 4.79 Å². The van der Waals surface area contributed by atoms with E-state index in [1.807, 2.05) is 68.4 Å². The highest BCUT2D eigenvalue weighted by atomic mass is 79.9. The molecule has 1 aliphatic heterocycles. The molecular weight excluding hydrogens is 500 g/mol. The number of rotatable bonds is 10. The summed E-state index contributed by atoms with van der Waals surface area (Å²) < 4.78 is 23.1. The fraction of sp³-hybridized carbons (Fsp3) is 0.269. The molecule has 1 amide bonds. The van der Waals surface area contributed by atoms with Gasteiger partial charge in [0, 0.05) is 18.8 Å². The number of benzene rings is 3. The van der Waals surface area contributed by atoms with Gasteiger partial charge >= 0.3 is 0 Å². The van der Waals surface area contributed by atoms with Gasteiger partial charge in [0.25, 0.3) is 5.91 Å². The van der Waals surface area contributed by atoms with E-state index >= 15 is 0 Å². The topological polar surface area (TPSA) is 78.1 Å². The third-order valence-electron chi connectivity index (χ3n) is 5.15. The molecule has 0 saturated carbocycles. The number of halogens is 1. The van der Waals surface area contributed by atoms with Gasteiger partial charge in [-0.05, 0) is 77.3 Å². The van der Waals surface area contributed by atoms with Gasteiger partial charge in [0.15, 0.2) is 29.6 Å². The number of fused-ring (bicyclic) bond motifs is 1. The summed E-state index contributed by atoms with van der Waals surface area (Å²) in [5.41, 5.74) is 3.98. The van der Waals surface area contributed by atoms with Crippen LogP contribution in [-0.2, 0) is 17.9 Å². The predicted molar refractivity (Wildman–Crippen MR) is 134 cm³/mol. The van der Waals surface area contributed by atoms with Gasteiger partial charge in [0.1, 0.15) is 0 Å². The smallest absolute Gasteiger partial charge is 0.262 e. The Morgan fingerprint density at radius 2 is 1.74 bits per heavy atom. The van der Waals surface area contributed by atoms with Gasteiger partial charge in [-0.2, -0.15) is 0 Å². The van der Waals surface area contributed by atoms with E-state index < -0.39 is 0 Å². The van der Waals surface area contributed by atoms with Crippen molar-refractivity contribution in [1.29, 1.82) is 0 Å². The normalized spacial score (nSPS) is 11.9. The lowest BCUT2D eigenvalue weighted by Crippen LogP contribution is -2.20. The zero-order chi connectivity index (χ0) is 23.9. The molecule has 0 radical (unpaired) electrons. The van der Waals surface area contributed by atoms with Crippen LogP contribution in [0.2, 0.25) is 0 Å². The quantitative estimate of drug-likeness (QED) is 0.378. The summed E-state index contributed by atoms with van der Waals surface area (Å²) >= 11 is 3.57. The molecule has 2 N–H and O–H groups in total. The number of anilines is 1. The fourth-order valence-corrected chi connectivity index (χ4v) is 4.10. The zero-order valence-corrected chi connectivity index (χ0v) is 20.7. The Labute approximate surface area is 207 Å². The Kier molecular flexibility index (Phi) is 7.92. The van der Waals surface area contributed by atoms with Crippen LogP contribution in [-0.4, -0.2) is 25.9 Å². The van der Waals surface area contributed by atoms with Crippen LogP contribution in [0.15, 0.2) is 59.1 Å². The Morgan fingerprint density at radius 3 is 2.53 bits per heavy atom. The number of nitrogens with one attached hydrogen (secondary N) is 2. The van der Waals surface area contributed by atoms with Crippen molar-refractivity contribution < 1.29 is 23.7 Å². The van der Waals surface area contributed by atoms with Gasteiger partial charge in [-0.15, -0.1) is 0 Å². The van der Waals surface area contributed by atoms with Crippen molar-refractivity contribution in [3.05, 3.63) is 75.8 Å². The first-order valence-corrected chi connectivity index (χ1v) is 11.8. The molecule has 3 aromatic carbocycles. The maximum atomic E-state index is 12.3. The summed E-state index contributed by atoms with van der Waals surface area (Å²) in [5.74, 6) is 2.39. The average Bonchev–Trinajstić information content (AvgIpc) is 3.28. The first-order chi connectivity index (χ1) is 16.5. The number of ether oxygens (including phenoxy) is 4. The first-order valence-electron chi connectivity index (χ1n) is 11.1. The highest BCUT2D eigenvalue weighted by molar-refractivity contribution is 9.10. The highest BCUT2D eigenvalue weighted by Crippen LogP contribution is 2.37. The maximum absolute atomic E-state index is 12.3. The highest BCUT2D eigenvalue weighted by Gasteiger charge is 2.15. The molecule has 7 nitrogen and oxygen atoms in total. The van der Waals surface area contributed by atoms with Crippen LogP contribution in [0.3, 0.4) is 0 Å². The third kappa shape index (κ3) is 6.21. The van der Waals surface area contributed by atoms with Crippen LogP contribution >= 0.6 is 15.9 Å². The van der Waals surface area contributed by atoms with Crippen molar-refractivity contribution in [2.45, 2.75) is 26.9 Å². The van der Waals surface area contributed by atoms with Gasteiger partial charge in [0.2, 0.25) is 6.79 Å². The van der Waals surface area contributed by atoms with Crippen LogP contribution in [0.5, 0.6) is 23.0 Å². The summed E-state index contributed by atoms with van der Waals surface area (Å²) in [6.45, 7) is 5.82. The second-order valence-corrected chi connectivity index (χ2v) is 8.69. The average molecular weight is 527 g/mol. The molecule has 8 heteroatoms. The minimum atomic E-state index is -0.243. The third-order valence-corrected chi connectivity index (χ3v) is 5.74. The van der Waals surface area contributed by atoms with Crippen LogP contribution in [0.25, 0.3) is 0 Å². The van der Waals surface area contributed by atoms with Crippen LogP contribution in [0, 0.1) is 6.92 Å². The molecule has 1 aliphatic rings. The zero-order valence-electron chi connectivity index (χ0n) is 19.2. The molecule has 4 rings (SSSR count). The lowest BCUT2D eigenvalue weighted by Gasteiger charge is -2.16. The standard InChI is InChI=1S/C26H27BrN2O5/c1-3-31-24-12-19(14-28-13-18-6-9-22-23(11-18)34-16-33-22)10-21(27)26(24)32-15-25(30)29-20-7-4-17(2)5-8-20/h4-12,28H,3,13-16H2,1-2H3,(H,29,30). The molecule has 0 unspecified atom stereocenters. The second kappa shape index (κ2) is 11.3. The monoisotopic (exact) mass is 526 g/mol. The molecule has 0 bridgehead atoms. The van der Waals surface area contributed by atoms with E-state index in [4.69, 9.17) is 18.9 Å². The van der Waals surface area contributed by atoms with Crippen molar-refractivity contribution in [1.82, 2.24) is 5.32 Å². The van der Waals surface area contributed by atoms with Gasteiger partial charge in [0.05, 0.1) is 11.1 Å². The van der Waals surface area contributed by atoms with E-state index in [2.05, 4.69) is 26.6 Å². The lowest BCUT2D eigenvalue weighted by atomic mass is 10.1. The second-order valence-electron chi connectivity index (χ2n) is 7.83. The Hall–Kier alpha value is -3.23. The summed E-state index contributed by atoms with van der Waals surface area (Å²) in [4.78, 5) is 12.3. The van der Waals surface area contributed by atoms with Crippen molar-refractivity contribution in [3.63, 3.8) is 0 Å². The molecule has 0 aliphatic carbocycles. The number of hydrogen-bond donors (Lipinski definition) is 2. The molecule has 178 valence electrons. The molecule has 0 aromatic heterocycles. The lowest BCUT2D eigenvalue weighted by molar-refractivity contribution is -0.118. The van der Waals surface area contributed by atoms with Gasteiger partial charge in [-0.1, -0.05) is 23.8 Å². The Bertz CT molecular complexity index is 1150. The molecule has 0 spiro atoms. The minimum absolute atomic E-state index is 0.131. The van der Waals surface area contributed by atoms with Crippen LogP contribution < -0.4 is 29.6 Å². The maximum Gasteiger partial charge on any atom is 0.262 e. The summed E-state index contributed by atoms with van der Waals surface area (Å²) in [7, 11) is 0. The molecule has 3 aromatic rings. The molecule has 0 fully saturated rings. The van der Waals surface area contributed by atoms with Crippen LogP contribution in [0.1, 0.15) is 23.6 Å². The van der Waals surface area contributed by atoms with Crippen molar-refractivity contribution >= 4 is 27.5 Å². The predicted octanol–water partition coefficient (Wildman–Crippen LogP) is 5.19. The molecule has 1 heterocycles. The van der Waals surface area contributed by atoms with E-state index in [-0.39, 0.29) is 19.3 Å². The number of carbonyl (C=O) groups is 1. The Morgan fingerprint density at radius 1 is 0.971 bits per heavy atom. The number of carbonyl (C=O) groups excluding carboxylic acids is 1. The Balaban J connectivity index is 1.35.